The van der Waals surface area contributed by atoms with Gasteiger partial charge in [0.05, 0.1) is 6.04 Å². The van der Waals surface area contributed by atoms with E-state index in [1.807, 2.05) is 53.4 Å². The molecule has 2 heterocycles. The average Bonchev–Trinajstić information content (AvgIpc) is 3.37. The van der Waals surface area contributed by atoms with Gasteiger partial charge in [0.1, 0.15) is 18.1 Å². The number of fused-ring (bicyclic) bond motifs is 2. The highest BCUT2D eigenvalue weighted by molar-refractivity contribution is 5.92. The lowest BCUT2D eigenvalue weighted by Crippen LogP contribution is -2.44. The number of nitrogens with one attached hydrogen (secondary N) is 1. The SMILES string of the molecule is CCCc1cc(C(=O)N2Cc3ccccc3NCc3ccccc3OC[C@@H]2Cc2ccccc2)no1. The van der Waals surface area contributed by atoms with Gasteiger partial charge < -0.3 is 19.5 Å². The summed E-state index contributed by atoms with van der Waals surface area (Å²) in [6.07, 6.45) is 2.33. The molecule has 3 aromatic carbocycles. The highest BCUT2D eigenvalue weighted by Crippen LogP contribution is 2.27. The van der Waals surface area contributed by atoms with E-state index in [-0.39, 0.29) is 11.9 Å². The summed E-state index contributed by atoms with van der Waals surface area (Å²) >= 11 is 0. The van der Waals surface area contributed by atoms with Gasteiger partial charge in [-0.3, -0.25) is 4.79 Å². The monoisotopic (exact) mass is 481 g/mol. The number of para-hydroxylation sites is 2. The second kappa shape index (κ2) is 11.1. The zero-order valence-electron chi connectivity index (χ0n) is 20.5. The van der Waals surface area contributed by atoms with Crippen molar-refractivity contribution in [3.8, 4) is 5.75 Å². The standard InChI is InChI=1S/C30H31N3O3/c1-2-10-26-18-28(32-36-26)30(34)33-20-24-14-6-8-15-27(24)31-19-23-13-7-9-16-29(23)35-21-25(33)17-22-11-4-3-5-12-22/h3-9,11-16,18,25,31H,2,10,17,19-21H2,1H3/t25-/m0/s1. The molecule has 0 unspecified atom stereocenters. The molecule has 0 saturated heterocycles. The fourth-order valence-electron chi connectivity index (χ4n) is 4.62. The van der Waals surface area contributed by atoms with Crippen LogP contribution in [0.5, 0.6) is 5.75 Å². The van der Waals surface area contributed by atoms with Gasteiger partial charge in [0.15, 0.2) is 5.69 Å². The van der Waals surface area contributed by atoms with Crippen LogP contribution in [-0.4, -0.2) is 28.6 Å². The van der Waals surface area contributed by atoms with E-state index in [0.717, 1.165) is 46.7 Å². The third-order valence-corrected chi connectivity index (χ3v) is 6.52. The Morgan fingerprint density at radius 1 is 1.00 bits per heavy atom. The van der Waals surface area contributed by atoms with E-state index in [0.29, 0.717) is 31.8 Å². The summed E-state index contributed by atoms with van der Waals surface area (Å²) < 4.78 is 11.9. The number of rotatable bonds is 5. The van der Waals surface area contributed by atoms with Crippen molar-refractivity contribution in [1.82, 2.24) is 10.1 Å². The minimum absolute atomic E-state index is 0.159. The number of carbonyl (C=O) groups excluding carboxylic acids is 1. The summed E-state index contributed by atoms with van der Waals surface area (Å²) in [6, 6.07) is 28.0. The van der Waals surface area contributed by atoms with Crippen LogP contribution in [0.25, 0.3) is 0 Å². The smallest absolute Gasteiger partial charge is 0.276 e. The van der Waals surface area contributed by atoms with E-state index in [2.05, 4.69) is 47.7 Å². The molecule has 184 valence electrons. The van der Waals surface area contributed by atoms with Crippen LogP contribution in [0.15, 0.2) is 89.5 Å². The maximum absolute atomic E-state index is 13.9. The quantitative estimate of drug-likeness (QED) is 0.385. The zero-order chi connectivity index (χ0) is 24.7. The second-order valence-corrected chi connectivity index (χ2v) is 9.13. The number of benzene rings is 3. The van der Waals surface area contributed by atoms with Gasteiger partial charge in [0, 0.05) is 36.8 Å². The van der Waals surface area contributed by atoms with Gasteiger partial charge in [-0.1, -0.05) is 78.8 Å². The molecule has 1 atom stereocenters. The molecule has 6 nitrogen and oxygen atoms in total. The Kier molecular flexibility index (Phi) is 7.31. The molecule has 4 aromatic rings. The Bertz CT molecular complexity index is 1300. The van der Waals surface area contributed by atoms with E-state index in [1.54, 1.807) is 6.07 Å². The number of hydrogen-bond acceptors (Lipinski definition) is 5. The third-order valence-electron chi connectivity index (χ3n) is 6.52. The lowest BCUT2D eigenvalue weighted by molar-refractivity contribution is 0.0581. The number of anilines is 1. The van der Waals surface area contributed by atoms with Gasteiger partial charge in [-0.05, 0) is 36.1 Å². The van der Waals surface area contributed by atoms with Crippen molar-refractivity contribution < 1.29 is 14.1 Å². The fourth-order valence-corrected chi connectivity index (χ4v) is 4.62. The highest BCUT2D eigenvalue weighted by atomic mass is 16.5. The van der Waals surface area contributed by atoms with Crippen LogP contribution in [0.1, 0.15) is 46.3 Å². The van der Waals surface area contributed by atoms with Crippen LogP contribution in [0.4, 0.5) is 5.69 Å². The largest absolute Gasteiger partial charge is 0.491 e. The second-order valence-electron chi connectivity index (χ2n) is 9.13. The molecule has 0 spiro atoms. The molecule has 1 aliphatic heterocycles. The zero-order valence-corrected chi connectivity index (χ0v) is 20.5. The normalized spacial score (nSPS) is 15.6. The molecule has 5 rings (SSSR count). The average molecular weight is 482 g/mol. The number of amides is 1. The molecule has 1 N–H and O–H groups in total. The van der Waals surface area contributed by atoms with E-state index in [9.17, 15) is 4.79 Å². The van der Waals surface area contributed by atoms with Crippen molar-refractivity contribution in [1.29, 1.82) is 0 Å². The lowest BCUT2D eigenvalue weighted by Gasteiger charge is -2.32. The molecule has 1 aliphatic rings. The van der Waals surface area contributed by atoms with Gasteiger partial charge in [0.25, 0.3) is 5.91 Å². The molecular formula is C30H31N3O3. The van der Waals surface area contributed by atoms with Crippen molar-refractivity contribution in [2.24, 2.45) is 0 Å². The van der Waals surface area contributed by atoms with Crippen LogP contribution < -0.4 is 10.1 Å². The minimum atomic E-state index is -0.217. The first-order valence-electron chi connectivity index (χ1n) is 12.5. The van der Waals surface area contributed by atoms with Crippen molar-refractivity contribution >= 4 is 11.6 Å². The van der Waals surface area contributed by atoms with Crippen LogP contribution in [0.3, 0.4) is 0 Å². The summed E-state index contributed by atoms with van der Waals surface area (Å²) in [6.45, 7) is 3.50. The molecule has 1 amide bonds. The van der Waals surface area contributed by atoms with Crippen molar-refractivity contribution in [2.45, 2.75) is 45.3 Å². The number of hydrogen-bond donors (Lipinski definition) is 1. The summed E-state index contributed by atoms with van der Waals surface area (Å²) in [5, 5.41) is 7.68. The van der Waals surface area contributed by atoms with Gasteiger partial charge in [0.2, 0.25) is 0 Å². The Morgan fingerprint density at radius 2 is 1.75 bits per heavy atom. The molecule has 6 heteroatoms. The van der Waals surface area contributed by atoms with Gasteiger partial charge in [-0.2, -0.15) is 0 Å². The van der Waals surface area contributed by atoms with Gasteiger partial charge in [-0.25, -0.2) is 0 Å². The molecule has 0 radical (unpaired) electrons. The molecular weight excluding hydrogens is 450 g/mol. The first kappa shape index (κ1) is 23.7. The van der Waals surface area contributed by atoms with Gasteiger partial charge in [-0.15, -0.1) is 0 Å². The van der Waals surface area contributed by atoms with Crippen molar-refractivity contribution in [3.05, 3.63) is 113 Å². The summed E-state index contributed by atoms with van der Waals surface area (Å²) in [5.41, 5.74) is 4.59. The number of nitrogens with zero attached hydrogens (tertiary/aromatic N) is 2. The third kappa shape index (κ3) is 5.43. The first-order chi connectivity index (χ1) is 17.7. The number of carbonyl (C=O) groups is 1. The molecule has 0 fully saturated rings. The van der Waals surface area contributed by atoms with Crippen LogP contribution >= 0.6 is 0 Å². The maximum Gasteiger partial charge on any atom is 0.276 e. The van der Waals surface area contributed by atoms with Crippen LogP contribution in [-0.2, 0) is 25.9 Å². The lowest BCUT2D eigenvalue weighted by atomic mass is 10.0. The maximum atomic E-state index is 13.9. The number of ether oxygens (including phenoxy) is 1. The molecule has 0 bridgehead atoms. The number of aryl methyl sites for hydroxylation is 1. The van der Waals surface area contributed by atoms with Crippen molar-refractivity contribution in [2.75, 3.05) is 11.9 Å². The highest BCUT2D eigenvalue weighted by Gasteiger charge is 2.29. The molecule has 1 aromatic heterocycles. The summed E-state index contributed by atoms with van der Waals surface area (Å²) in [7, 11) is 0. The summed E-state index contributed by atoms with van der Waals surface area (Å²) in [5.74, 6) is 1.39. The molecule has 0 aliphatic carbocycles. The van der Waals surface area contributed by atoms with Crippen LogP contribution in [0, 0.1) is 0 Å². The van der Waals surface area contributed by atoms with E-state index >= 15 is 0 Å². The van der Waals surface area contributed by atoms with Crippen LogP contribution in [0.2, 0.25) is 0 Å². The van der Waals surface area contributed by atoms with Gasteiger partial charge >= 0.3 is 0 Å². The Morgan fingerprint density at radius 3 is 2.58 bits per heavy atom. The van der Waals surface area contributed by atoms with E-state index < -0.39 is 0 Å². The van der Waals surface area contributed by atoms with E-state index in [1.165, 1.54) is 0 Å². The Labute approximate surface area is 211 Å². The predicted molar refractivity (Wildman–Crippen MR) is 140 cm³/mol. The first-order valence-corrected chi connectivity index (χ1v) is 12.5. The topological polar surface area (TPSA) is 67.6 Å². The van der Waals surface area contributed by atoms with Crippen molar-refractivity contribution in [3.63, 3.8) is 0 Å². The molecule has 0 saturated carbocycles. The summed E-state index contributed by atoms with van der Waals surface area (Å²) in [4.78, 5) is 15.8. The number of aromatic nitrogens is 1. The minimum Gasteiger partial charge on any atom is -0.491 e. The molecule has 36 heavy (non-hydrogen) atoms. The van der Waals surface area contributed by atoms with E-state index in [4.69, 9.17) is 9.26 Å². The Balaban J connectivity index is 1.56. The predicted octanol–water partition coefficient (Wildman–Crippen LogP) is 5.89. The fraction of sp³-hybridized carbons (Fsp3) is 0.267. The Hall–Kier alpha value is -4.06.